The van der Waals surface area contributed by atoms with Crippen LogP contribution in [0.4, 0.5) is 0 Å². The molecule has 1 aliphatic rings. The molecule has 6 heteroatoms. The van der Waals surface area contributed by atoms with E-state index in [4.69, 9.17) is 5.73 Å². The summed E-state index contributed by atoms with van der Waals surface area (Å²) in [4.78, 5) is 9.99. The molecule has 0 heterocycles. The number of unbranched alkanes of at least 4 members (excludes halogenated alkanes) is 2. The van der Waals surface area contributed by atoms with Crippen molar-refractivity contribution in [2.45, 2.75) is 60.3 Å². The Morgan fingerprint density at radius 3 is 1.64 bits per heavy atom. The van der Waals surface area contributed by atoms with Gasteiger partial charge in [0, 0.05) is 5.91 Å². The second kappa shape index (κ2) is 21.4. The first kappa shape index (κ1) is 36.5. The SMILES string of the molecule is CC1=[C-]C(C)C(C)=C1C.CCCCCC([NH-])=O.[Cl-].[Cl-].[Ti+4].c1ccc([SiH]c2ccccc2)cc1. The van der Waals surface area contributed by atoms with Gasteiger partial charge in [-0.15, -0.1) is 6.92 Å². The fourth-order valence-corrected chi connectivity index (χ4v) is 4.20. The van der Waals surface area contributed by atoms with Gasteiger partial charge in [0.25, 0.3) is 0 Å². The van der Waals surface area contributed by atoms with Crippen LogP contribution in [-0.2, 0) is 26.5 Å². The third-order valence-corrected chi connectivity index (χ3v) is 6.61. The number of rotatable bonds is 6. The third-order valence-electron chi connectivity index (χ3n) is 5.18. The normalized spacial score (nSPS) is 13.5. The summed E-state index contributed by atoms with van der Waals surface area (Å²) in [5, 5.41) is 2.90. The standard InChI is InChI=1S/C12H11Si.C9H13.C6H13NO.2ClH.Ti/c1-3-7-11(8-4-1)13-12-9-5-2-6-10-12;1-6-5-7(2)9(4)8(6)3;1-2-3-4-5-6(7)8;;;/h1-10,13H;6H,1-4H3;2-5H2,1H3,(H2,7,8);2*1H;/q;-1;;;;+4/p-3. The third kappa shape index (κ3) is 16.2. The maximum atomic E-state index is 9.99. The Kier molecular flexibility index (Phi) is 23.7. The number of carbonyl (C=O) groups excluding carboxylic acids is 1. The zero-order valence-corrected chi connectivity index (χ0v) is 24.6. The number of hydrogen-bond donors (Lipinski definition) is 0. The molecule has 0 saturated carbocycles. The molecule has 33 heavy (non-hydrogen) atoms. The Morgan fingerprint density at radius 2 is 1.36 bits per heavy atom. The van der Waals surface area contributed by atoms with Crippen molar-refractivity contribution in [2.75, 3.05) is 0 Å². The Labute approximate surface area is 231 Å². The monoisotopic (exact) mass is 536 g/mol. The summed E-state index contributed by atoms with van der Waals surface area (Å²) in [5.74, 6) is 0.128. The summed E-state index contributed by atoms with van der Waals surface area (Å²) in [5.41, 5.74) is 10.8. The average Bonchev–Trinajstić information content (AvgIpc) is 2.96. The first-order valence-electron chi connectivity index (χ1n) is 10.8. The van der Waals surface area contributed by atoms with Crippen LogP contribution in [0.15, 0.2) is 77.4 Å². The first-order chi connectivity index (χ1) is 14.3. The van der Waals surface area contributed by atoms with Gasteiger partial charge in [-0.05, 0) is 12.8 Å². The topological polar surface area (TPSA) is 40.9 Å². The smallest absolute Gasteiger partial charge is 1.00 e. The Hall–Kier alpha value is -1.10. The van der Waals surface area contributed by atoms with Crippen LogP contribution in [-0.4, -0.2) is 15.4 Å². The molecular weight excluding hydrogens is 501 g/mol. The van der Waals surface area contributed by atoms with Gasteiger partial charge in [0.05, 0.1) is 0 Å². The molecule has 0 spiro atoms. The minimum Gasteiger partial charge on any atom is -1.00 e. The van der Waals surface area contributed by atoms with Crippen LogP contribution in [0.5, 0.6) is 0 Å². The average molecular weight is 537 g/mol. The summed E-state index contributed by atoms with van der Waals surface area (Å²) in [7, 11) is 0.271. The van der Waals surface area contributed by atoms with Crippen LogP contribution < -0.4 is 35.2 Å². The van der Waals surface area contributed by atoms with Crippen molar-refractivity contribution in [3.8, 4) is 0 Å². The van der Waals surface area contributed by atoms with Crippen molar-refractivity contribution < 1.29 is 51.3 Å². The van der Waals surface area contributed by atoms with Crippen LogP contribution >= 0.6 is 0 Å². The molecule has 2 aromatic carbocycles. The van der Waals surface area contributed by atoms with Crippen molar-refractivity contribution in [3.63, 3.8) is 0 Å². The van der Waals surface area contributed by atoms with E-state index in [1.807, 2.05) is 0 Å². The van der Waals surface area contributed by atoms with Crippen molar-refractivity contribution >= 4 is 25.8 Å². The van der Waals surface area contributed by atoms with Crippen LogP contribution in [0.3, 0.4) is 0 Å². The molecular formula is C27H36Cl2NOSiTi. The second-order valence-corrected chi connectivity index (χ2v) is 9.27. The second-order valence-electron chi connectivity index (χ2n) is 7.65. The Balaban J connectivity index is -0.000000406. The molecule has 1 aliphatic carbocycles. The first-order valence-corrected chi connectivity index (χ1v) is 12.0. The van der Waals surface area contributed by atoms with Crippen molar-refractivity contribution in [3.05, 3.63) is 89.2 Å². The van der Waals surface area contributed by atoms with E-state index in [2.05, 4.69) is 101 Å². The van der Waals surface area contributed by atoms with E-state index in [1.54, 1.807) is 0 Å². The van der Waals surface area contributed by atoms with E-state index < -0.39 is 5.91 Å². The molecule has 0 fully saturated rings. The minimum atomic E-state index is -0.432. The molecule has 2 nitrogen and oxygen atoms in total. The number of amides is 1. The van der Waals surface area contributed by atoms with Gasteiger partial charge in [0.2, 0.25) is 0 Å². The predicted octanol–water partition coefficient (Wildman–Crippen LogP) is -0.0531. The van der Waals surface area contributed by atoms with E-state index in [1.165, 1.54) is 27.1 Å². The van der Waals surface area contributed by atoms with Crippen molar-refractivity contribution in [2.24, 2.45) is 5.92 Å². The van der Waals surface area contributed by atoms with Crippen LogP contribution in [0.1, 0.15) is 60.3 Å². The number of hydrogen-bond acceptors (Lipinski definition) is 1. The van der Waals surface area contributed by atoms with Gasteiger partial charge in [0.1, 0.15) is 9.52 Å². The summed E-state index contributed by atoms with van der Waals surface area (Å²) in [6.07, 6.45) is 6.88. The molecule has 1 unspecified atom stereocenters. The van der Waals surface area contributed by atoms with E-state index in [9.17, 15) is 4.79 Å². The zero-order chi connectivity index (χ0) is 22.4. The quantitative estimate of drug-likeness (QED) is 0.290. The summed E-state index contributed by atoms with van der Waals surface area (Å²) < 4.78 is 0. The van der Waals surface area contributed by atoms with Crippen molar-refractivity contribution in [1.29, 1.82) is 0 Å². The molecule has 0 aliphatic heterocycles. The molecule has 1 radical (unpaired) electrons. The minimum absolute atomic E-state index is 0. The van der Waals surface area contributed by atoms with Gasteiger partial charge >= 0.3 is 21.7 Å². The van der Waals surface area contributed by atoms with Gasteiger partial charge in [0.15, 0.2) is 0 Å². The molecule has 0 bridgehead atoms. The van der Waals surface area contributed by atoms with Gasteiger partial charge in [-0.1, -0.05) is 117 Å². The van der Waals surface area contributed by atoms with Crippen LogP contribution in [0, 0.1) is 12.0 Å². The van der Waals surface area contributed by atoms with E-state index in [0.717, 1.165) is 19.3 Å². The number of allylic oxidation sites excluding steroid dienone is 4. The molecule has 177 valence electrons. The summed E-state index contributed by atoms with van der Waals surface area (Å²) >= 11 is 0. The number of nitrogens with one attached hydrogen (secondary N) is 1. The molecule has 1 atom stereocenters. The summed E-state index contributed by atoms with van der Waals surface area (Å²) in [6.45, 7) is 10.7. The van der Waals surface area contributed by atoms with E-state index in [-0.39, 0.29) is 56.1 Å². The fourth-order valence-electron chi connectivity index (χ4n) is 2.99. The maximum Gasteiger partial charge on any atom is 4.00 e. The predicted molar refractivity (Wildman–Crippen MR) is 133 cm³/mol. The largest absolute Gasteiger partial charge is 4.00 e. The van der Waals surface area contributed by atoms with E-state index in [0.29, 0.717) is 12.3 Å². The van der Waals surface area contributed by atoms with Gasteiger partial charge in [-0.25, -0.2) is 5.57 Å². The Bertz CT molecular complexity index is 789. The zero-order valence-electron chi connectivity index (χ0n) is 20.4. The van der Waals surface area contributed by atoms with Crippen LogP contribution in [0.2, 0.25) is 0 Å². The number of benzene rings is 2. The number of carbonyl (C=O) groups is 1. The molecule has 3 rings (SSSR count). The van der Waals surface area contributed by atoms with Gasteiger partial charge in [-0.2, -0.15) is 11.1 Å². The molecule has 0 saturated heterocycles. The van der Waals surface area contributed by atoms with Crippen LogP contribution in [0.25, 0.3) is 5.73 Å². The fraction of sp³-hybridized carbons (Fsp3) is 0.370. The molecule has 2 aromatic rings. The maximum absolute atomic E-state index is 9.99. The number of halogens is 2. The van der Waals surface area contributed by atoms with Gasteiger partial charge in [-0.3, -0.25) is 6.08 Å². The van der Waals surface area contributed by atoms with E-state index >= 15 is 0 Å². The van der Waals surface area contributed by atoms with Crippen molar-refractivity contribution in [1.82, 2.24) is 0 Å². The molecule has 0 aromatic heterocycles. The summed E-state index contributed by atoms with van der Waals surface area (Å²) in [6, 6.07) is 21.3. The molecule has 1 N–H and O–H groups in total. The van der Waals surface area contributed by atoms with Gasteiger partial charge < -0.3 is 35.3 Å². The molecule has 1 amide bonds. The Morgan fingerprint density at radius 1 is 0.909 bits per heavy atom.